The zero-order valence-electron chi connectivity index (χ0n) is 9.88. The van der Waals surface area contributed by atoms with Gasteiger partial charge in [0.25, 0.3) is 0 Å². The van der Waals surface area contributed by atoms with Crippen molar-refractivity contribution in [2.45, 2.75) is 32.6 Å². The highest BCUT2D eigenvalue weighted by Crippen LogP contribution is 2.29. The number of anilines is 1. The largest absolute Gasteiger partial charge is 0.384 e. The first-order valence-electron chi connectivity index (χ1n) is 6.24. The van der Waals surface area contributed by atoms with Crippen LogP contribution in [-0.2, 0) is 0 Å². The van der Waals surface area contributed by atoms with Crippen molar-refractivity contribution < 1.29 is 0 Å². The van der Waals surface area contributed by atoms with Gasteiger partial charge in [-0.05, 0) is 36.8 Å². The van der Waals surface area contributed by atoms with E-state index in [4.69, 9.17) is 11.6 Å². The highest BCUT2D eigenvalue weighted by molar-refractivity contribution is 6.33. The van der Waals surface area contributed by atoms with E-state index in [9.17, 15) is 0 Å². The van der Waals surface area contributed by atoms with Crippen molar-refractivity contribution in [1.29, 1.82) is 0 Å². The number of halogens is 1. The summed E-state index contributed by atoms with van der Waals surface area (Å²) in [5.74, 6) is 1.71. The normalized spacial score (nSPS) is 25.4. The summed E-state index contributed by atoms with van der Waals surface area (Å²) in [5, 5.41) is 4.30. The first-order chi connectivity index (χ1) is 7.75. The van der Waals surface area contributed by atoms with Gasteiger partial charge >= 0.3 is 0 Å². The van der Waals surface area contributed by atoms with E-state index in [1.165, 1.54) is 25.7 Å². The van der Waals surface area contributed by atoms with Gasteiger partial charge in [-0.2, -0.15) is 0 Å². The molecule has 0 bridgehead atoms. The molecular weight excluding hydrogens is 218 g/mol. The monoisotopic (exact) mass is 237 g/mol. The van der Waals surface area contributed by atoms with Crippen LogP contribution in [0.15, 0.2) is 24.3 Å². The lowest BCUT2D eigenvalue weighted by molar-refractivity contribution is 0.293. The predicted octanol–water partition coefficient (Wildman–Crippen LogP) is 4.58. The molecule has 0 heterocycles. The molecule has 0 saturated heterocycles. The summed E-state index contributed by atoms with van der Waals surface area (Å²) in [7, 11) is 0. The number of hydrogen-bond donors (Lipinski definition) is 1. The summed E-state index contributed by atoms with van der Waals surface area (Å²) in [6.45, 7) is 3.43. The van der Waals surface area contributed by atoms with E-state index in [1.807, 2.05) is 18.2 Å². The zero-order valence-corrected chi connectivity index (χ0v) is 10.6. The standard InChI is InChI=1S/C14H20ClN/c1-11-5-4-6-12(9-11)10-16-14-8-3-2-7-13(14)15/h2-3,7-8,11-12,16H,4-6,9-10H2,1H3. The van der Waals surface area contributed by atoms with Crippen LogP contribution in [0.4, 0.5) is 5.69 Å². The summed E-state index contributed by atoms with van der Waals surface area (Å²) < 4.78 is 0. The lowest BCUT2D eigenvalue weighted by Crippen LogP contribution is -2.21. The van der Waals surface area contributed by atoms with Crippen LogP contribution < -0.4 is 5.32 Å². The Labute approximate surface area is 103 Å². The maximum absolute atomic E-state index is 6.11. The molecular formula is C14H20ClN. The molecule has 16 heavy (non-hydrogen) atoms. The molecule has 0 aromatic heterocycles. The van der Waals surface area contributed by atoms with Gasteiger partial charge in [0.1, 0.15) is 0 Å². The van der Waals surface area contributed by atoms with E-state index < -0.39 is 0 Å². The van der Waals surface area contributed by atoms with Gasteiger partial charge in [0.05, 0.1) is 10.7 Å². The van der Waals surface area contributed by atoms with E-state index in [0.29, 0.717) is 0 Å². The maximum Gasteiger partial charge on any atom is 0.0637 e. The van der Waals surface area contributed by atoms with Gasteiger partial charge < -0.3 is 5.32 Å². The van der Waals surface area contributed by atoms with Gasteiger partial charge in [0, 0.05) is 6.54 Å². The number of hydrogen-bond acceptors (Lipinski definition) is 1. The topological polar surface area (TPSA) is 12.0 Å². The summed E-state index contributed by atoms with van der Waals surface area (Å²) in [5.41, 5.74) is 1.07. The van der Waals surface area contributed by atoms with Crippen LogP contribution in [0.25, 0.3) is 0 Å². The third-order valence-electron chi connectivity index (χ3n) is 3.50. The molecule has 1 nitrogen and oxygen atoms in total. The Hall–Kier alpha value is -0.690. The fourth-order valence-electron chi connectivity index (χ4n) is 2.60. The molecule has 0 amide bonds. The molecule has 2 rings (SSSR count). The summed E-state index contributed by atoms with van der Waals surface area (Å²) in [4.78, 5) is 0. The zero-order chi connectivity index (χ0) is 11.4. The second kappa shape index (κ2) is 5.58. The van der Waals surface area contributed by atoms with Crippen molar-refractivity contribution in [2.24, 2.45) is 11.8 Å². The van der Waals surface area contributed by atoms with Gasteiger partial charge in [-0.15, -0.1) is 0 Å². The summed E-state index contributed by atoms with van der Waals surface area (Å²) >= 11 is 6.11. The molecule has 1 N–H and O–H groups in total. The van der Waals surface area contributed by atoms with Gasteiger partial charge in [-0.25, -0.2) is 0 Å². The number of para-hydroxylation sites is 1. The van der Waals surface area contributed by atoms with E-state index in [1.54, 1.807) is 0 Å². The van der Waals surface area contributed by atoms with Gasteiger partial charge in [0.15, 0.2) is 0 Å². The minimum Gasteiger partial charge on any atom is -0.384 e. The van der Waals surface area contributed by atoms with Crippen LogP contribution >= 0.6 is 11.6 Å². The predicted molar refractivity (Wildman–Crippen MR) is 71.1 cm³/mol. The van der Waals surface area contributed by atoms with Crippen molar-refractivity contribution in [3.63, 3.8) is 0 Å². The molecule has 1 fully saturated rings. The second-order valence-corrected chi connectivity index (χ2v) is 5.41. The lowest BCUT2D eigenvalue weighted by atomic mass is 9.82. The molecule has 1 aliphatic carbocycles. The highest BCUT2D eigenvalue weighted by atomic mass is 35.5. The smallest absolute Gasteiger partial charge is 0.0637 e. The van der Waals surface area contributed by atoms with Crippen LogP contribution in [0.1, 0.15) is 32.6 Å². The van der Waals surface area contributed by atoms with Gasteiger partial charge in [-0.1, -0.05) is 43.5 Å². The molecule has 2 atom stereocenters. The first kappa shape index (κ1) is 11.8. The Balaban J connectivity index is 1.85. The fraction of sp³-hybridized carbons (Fsp3) is 0.571. The summed E-state index contributed by atoms with van der Waals surface area (Å²) in [6, 6.07) is 7.98. The Morgan fingerprint density at radius 2 is 2.12 bits per heavy atom. The maximum atomic E-state index is 6.11. The Morgan fingerprint density at radius 3 is 2.88 bits per heavy atom. The van der Waals surface area contributed by atoms with Crippen LogP contribution in [0.5, 0.6) is 0 Å². The number of nitrogens with one attached hydrogen (secondary N) is 1. The second-order valence-electron chi connectivity index (χ2n) is 5.00. The van der Waals surface area contributed by atoms with Gasteiger partial charge in [0.2, 0.25) is 0 Å². The summed E-state index contributed by atoms with van der Waals surface area (Å²) in [6.07, 6.45) is 5.51. The molecule has 1 aliphatic rings. The average Bonchev–Trinajstić information content (AvgIpc) is 2.28. The molecule has 1 saturated carbocycles. The molecule has 1 aromatic carbocycles. The van der Waals surface area contributed by atoms with E-state index >= 15 is 0 Å². The van der Waals surface area contributed by atoms with Crippen molar-refractivity contribution >= 4 is 17.3 Å². The van der Waals surface area contributed by atoms with E-state index in [-0.39, 0.29) is 0 Å². The average molecular weight is 238 g/mol. The molecule has 0 radical (unpaired) electrons. The Bertz CT molecular complexity index is 337. The quantitative estimate of drug-likeness (QED) is 0.812. The molecule has 2 unspecified atom stereocenters. The molecule has 1 aromatic rings. The number of rotatable bonds is 3. The van der Waals surface area contributed by atoms with Crippen LogP contribution in [0.3, 0.4) is 0 Å². The third-order valence-corrected chi connectivity index (χ3v) is 3.83. The van der Waals surface area contributed by atoms with Crippen molar-refractivity contribution in [2.75, 3.05) is 11.9 Å². The van der Waals surface area contributed by atoms with Crippen LogP contribution in [-0.4, -0.2) is 6.54 Å². The van der Waals surface area contributed by atoms with Crippen molar-refractivity contribution in [3.8, 4) is 0 Å². The minimum absolute atomic E-state index is 0.819. The molecule has 0 aliphatic heterocycles. The van der Waals surface area contributed by atoms with Crippen molar-refractivity contribution in [3.05, 3.63) is 29.3 Å². The molecule has 2 heteroatoms. The highest BCUT2D eigenvalue weighted by Gasteiger charge is 2.18. The van der Waals surface area contributed by atoms with Crippen molar-refractivity contribution in [1.82, 2.24) is 0 Å². The Morgan fingerprint density at radius 1 is 1.31 bits per heavy atom. The fourth-order valence-corrected chi connectivity index (χ4v) is 2.81. The first-order valence-corrected chi connectivity index (χ1v) is 6.62. The van der Waals surface area contributed by atoms with Gasteiger partial charge in [-0.3, -0.25) is 0 Å². The number of benzene rings is 1. The Kier molecular flexibility index (Phi) is 4.11. The van der Waals surface area contributed by atoms with Crippen LogP contribution in [0.2, 0.25) is 5.02 Å². The molecule has 88 valence electrons. The SMILES string of the molecule is CC1CCCC(CNc2ccccc2Cl)C1. The lowest BCUT2D eigenvalue weighted by Gasteiger charge is -2.27. The molecule has 0 spiro atoms. The van der Waals surface area contributed by atoms with Crippen LogP contribution in [0, 0.1) is 11.8 Å². The minimum atomic E-state index is 0.819. The third kappa shape index (κ3) is 3.15. The van der Waals surface area contributed by atoms with E-state index in [2.05, 4.69) is 18.3 Å². The van der Waals surface area contributed by atoms with E-state index in [0.717, 1.165) is 29.1 Å².